The second-order valence-electron chi connectivity index (χ2n) is 5.83. The summed E-state index contributed by atoms with van der Waals surface area (Å²) < 4.78 is 5.50. The van der Waals surface area contributed by atoms with Crippen LogP contribution in [0.15, 0.2) is 18.2 Å². The van der Waals surface area contributed by atoms with Crippen molar-refractivity contribution in [3.8, 4) is 5.75 Å². The molecule has 0 aromatic heterocycles. The van der Waals surface area contributed by atoms with Gasteiger partial charge in [0.05, 0.1) is 11.6 Å². The molecule has 0 spiro atoms. The van der Waals surface area contributed by atoms with Crippen LogP contribution in [0.25, 0.3) is 0 Å². The van der Waals surface area contributed by atoms with Crippen molar-refractivity contribution in [1.29, 1.82) is 0 Å². The Hall–Kier alpha value is -1.46. The fourth-order valence-corrected chi connectivity index (χ4v) is 2.28. The zero-order valence-corrected chi connectivity index (χ0v) is 14.7. The summed E-state index contributed by atoms with van der Waals surface area (Å²) in [7, 11) is 0. The van der Waals surface area contributed by atoms with Crippen LogP contribution in [0.1, 0.15) is 39.5 Å². The number of aliphatic carboxylic acids is 1. The average molecular weight is 362 g/mol. The Balaban J connectivity index is 2.31. The molecule has 0 saturated heterocycles. The van der Waals surface area contributed by atoms with Gasteiger partial charge in [0.1, 0.15) is 10.8 Å². The number of hydrogen-bond donors (Lipinski definition) is 2. The quantitative estimate of drug-likeness (QED) is 0.653. The topological polar surface area (TPSA) is 75.6 Å². The van der Waals surface area contributed by atoms with E-state index in [0.29, 0.717) is 35.2 Å². The molecular formula is C16H21Cl2NO4. The number of carboxylic acid groups (broad SMARTS) is 1. The van der Waals surface area contributed by atoms with Crippen LogP contribution in [0, 0.1) is 0 Å². The molecule has 0 saturated carbocycles. The maximum absolute atomic E-state index is 11.9. The molecule has 0 heterocycles. The standard InChI is InChI=1S/C16H21Cl2NO4/c1-16(2,9-8-14(21)22)19-13(20)7-4-10-23-12-6-3-5-11(17)15(12)18/h3,5-6H,4,7-10H2,1-2H3,(H,19,20)(H,21,22). The first-order chi connectivity index (χ1) is 10.7. The lowest BCUT2D eigenvalue weighted by atomic mass is 9.98. The summed E-state index contributed by atoms with van der Waals surface area (Å²) in [6.45, 7) is 3.94. The third-order valence-corrected chi connectivity index (χ3v) is 3.97. The van der Waals surface area contributed by atoms with E-state index < -0.39 is 11.5 Å². The smallest absolute Gasteiger partial charge is 0.303 e. The average Bonchev–Trinajstić information content (AvgIpc) is 2.45. The predicted octanol–water partition coefficient (Wildman–Crippen LogP) is 3.91. The van der Waals surface area contributed by atoms with Gasteiger partial charge >= 0.3 is 5.97 Å². The molecule has 1 aromatic carbocycles. The highest BCUT2D eigenvalue weighted by molar-refractivity contribution is 6.42. The Bertz CT molecular complexity index is 561. The molecule has 5 nitrogen and oxygen atoms in total. The first kappa shape index (κ1) is 19.6. The van der Waals surface area contributed by atoms with E-state index >= 15 is 0 Å². The third kappa shape index (κ3) is 7.57. The van der Waals surface area contributed by atoms with Crippen molar-refractivity contribution < 1.29 is 19.4 Å². The highest BCUT2D eigenvalue weighted by Crippen LogP contribution is 2.31. The number of carbonyl (C=O) groups is 2. The van der Waals surface area contributed by atoms with E-state index in [4.69, 9.17) is 33.0 Å². The number of hydrogen-bond acceptors (Lipinski definition) is 3. The van der Waals surface area contributed by atoms with Crippen LogP contribution in [0.2, 0.25) is 10.0 Å². The van der Waals surface area contributed by atoms with Gasteiger partial charge < -0.3 is 15.2 Å². The van der Waals surface area contributed by atoms with Crippen LogP contribution in [-0.4, -0.2) is 29.1 Å². The van der Waals surface area contributed by atoms with Crippen LogP contribution in [0.4, 0.5) is 0 Å². The molecule has 0 unspecified atom stereocenters. The first-order valence-corrected chi connectivity index (χ1v) is 8.06. The summed E-state index contributed by atoms with van der Waals surface area (Å²) >= 11 is 11.9. The van der Waals surface area contributed by atoms with Gasteiger partial charge in [-0.15, -0.1) is 0 Å². The Morgan fingerprint density at radius 1 is 1.26 bits per heavy atom. The van der Waals surface area contributed by atoms with E-state index in [1.807, 2.05) is 0 Å². The van der Waals surface area contributed by atoms with Crippen molar-refractivity contribution in [3.63, 3.8) is 0 Å². The van der Waals surface area contributed by atoms with Crippen molar-refractivity contribution in [2.45, 2.75) is 45.1 Å². The largest absolute Gasteiger partial charge is 0.492 e. The van der Waals surface area contributed by atoms with E-state index in [9.17, 15) is 9.59 Å². The Kier molecular flexibility index (Phi) is 7.65. The maximum Gasteiger partial charge on any atom is 0.303 e. The van der Waals surface area contributed by atoms with Crippen molar-refractivity contribution in [3.05, 3.63) is 28.2 Å². The number of halogens is 2. The van der Waals surface area contributed by atoms with Gasteiger partial charge in [0.2, 0.25) is 5.91 Å². The number of nitrogens with one attached hydrogen (secondary N) is 1. The van der Waals surface area contributed by atoms with Gasteiger partial charge in [-0.3, -0.25) is 9.59 Å². The van der Waals surface area contributed by atoms with Gasteiger partial charge in [0.15, 0.2) is 0 Å². The third-order valence-electron chi connectivity index (χ3n) is 3.16. The summed E-state index contributed by atoms with van der Waals surface area (Å²) in [5.74, 6) is -0.526. The van der Waals surface area contributed by atoms with Crippen LogP contribution in [0.3, 0.4) is 0 Å². The summed E-state index contributed by atoms with van der Waals surface area (Å²) in [5, 5.41) is 12.3. The molecule has 2 N–H and O–H groups in total. The zero-order valence-electron chi connectivity index (χ0n) is 13.2. The van der Waals surface area contributed by atoms with Crippen molar-refractivity contribution in [1.82, 2.24) is 5.32 Å². The van der Waals surface area contributed by atoms with E-state index in [0.717, 1.165) is 0 Å². The molecule has 0 atom stereocenters. The van der Waals surface area contributed by atoms with Crippen molar-refractivity contribution in [2.24, 2.45) is 0 Å². The number of carboxylic acids is 1. The molecule has 128 valence electrons. The molecule has 0 aliphatic carbocycles. The molecule has 0 bridgehead atoms. The number of ether oxygens (including phenoxy) is 1. The van der Waals surface area contributed by atoms with Crippen LogP contribution < -0.4 is 10.1 Å². The highest BCUT2D eigenvalue weighted by atomic mass is 35.5. The highest BCUT2D eigenvalue weighted by Gasteiger charge is 2.21. The lowest BCUT2D eigenvalue weighted by Crippen LogP contribution is -2.43. The normalized spacial score (nSPS) is 11.1. The van der Waals surface area contributed by atoms with Gasteiger partial charge in [-0.05, 0) is 38.8 Å². The Labute approximate surface area is 145 Å². The lowest BCUT2D eigenvalue weighted by Gasteiger charge is -2.25. The minimum absolute atomic E-state index is 0.0175. The van der Waals surface area contributed by atoms with E-state index in [2.05, 4.69) is 5.32 Å². The minimum atomic E-state index is -0.876. The van der Waals surface area contributed by atoms with Crippen molar-refractivity contribution >= 4 is 35.1 Å². The molecule has 7 heteroatoms. The van der Waals surface area contributed by atoms with Gasteiger partial charge in [-0.1, -0.05) is 29.3 Å². The molecule has 23 heavy (non-hydrogen) atoms. The SMILES string of the molecule is CC(C)(CCC(=O)O)NC(=O)CCCOc1cccc(Cl)c1Cl. The number of rotatable bonds is 9. The Morgan fingerprint density at radius 3 is 2.61 bits per heavy atom. The van der Waals surface area contributed by atoms with Gasteiger partial charge in [-0.25, -0.2) is 0 Å². The number of benzene rings is 1. The van der Waals surface area contributed by atoms with Gasteiger partial charge in [-0.2, -0.15) is 0 Å². The molecule has 1 amide bonds. The van der Waals surface area contributed by atoms with E-state index in [-0.39, 0.29) is 18.7 Å². The summed E-state index contributed by atoms with van der Waals surface area (Å²) in [6.07, 6.45) is 1.20. The van der Waals surface area contributed by atoms with Crippen LogP contribution >= 0.6 is 23.2 Å². The predicted molar refractivity (Wildman–Crippen MR) is 90.3 cm³/mol. The van der Waals surface area contributed by atoms with Gasteiger partial charge in [0.25, 0.3) is 0 Å². The molecule has 0 fully saturated rings. The van der Waals surface area contributed by atoms with Gasteiger partial charge in [0, 0.05) is 18.4 Å². The monoisotopic (exact) mass is 361 g/mol. The Morgan fingerprint density at radius 2 is 1.96 bits per heavy atom. The molecule has 0 aliphatic heterocycles. The molecule has 0 radical (unpaired) electrons. The summed E-state index contributed by atoms with van der Waals surface area (Å²) in [6, 6.07) is 5.12. The lowest BCUT2D eigenvalue weighted by molar-refractivity contribution is -0.137. The number of amides is 1. The second-order valence-corrected chi connectivity index (χ2v) is 6.61. The van der Waals surface area contributed by atoms with E-state index in [1.54, 1.807) is 32.0 Å². The molecule has 1 rings (SSSR count). The zero-order chi connectivity index (χ0) is 17.5. The maximum atomic E-state index is 11.9. The van der Waals surface area contributed by atoms with Crippen LogP contribution in [-0.2, 0) is 9.59 Å². The first-order valence-electron chi connectivity index (χ1n) is 7.31. The molecular weight excluding hydrogens is 341 g/mol. The number of carbonyl (C=O) groups excluding carboxylic acids is 1. The summed E-state index contributed by atoms with van der Waals surface area (Å²) in [4.78, 5) is 22.5. The van der Waals surface area contributed by atoms with E-state index in [1.165, 1.54) is 0 Å². The fraction of sp³-hybridized carbons (Fsp3) is 0.500. The minimum Gasteiger partial charge on any atom is -0.492 e. The van der Waals surface area contributed by atoms with Crippen LogP contribution in [0.5, 0.6) is 5.75 Å². The fourth-order valence-electron chi connectivity index (χ4n) is 1.93. The van der Waals surface area contributed by atoms with Crippen molar-refractivity contribution in [2.75, 3.05) is 6.61 Å². The summed E-state index contributed by atoms with van der Waals surface area (Å²) in [5.41, 5.74) is -0.549. The second kappa shape index (κ2) is 8.99. The molecule has 0 aliphatic rings. The molecule has 1 aromatic rings.